The molecule has 1 heterocycles. The Bertz CT molecular complexity index is 281. The molecular formula is C8H14N4O. The maximum Gasteiger partial charge on any atom is 0.239 e. The van der Waals surface area contributed by atoms with Gasteiger partial charge in [0.2, 0.25) is 5.91 Å². The molecule has 1 aromatic rings. The average molecular weight is 182 g/mol. The number of carbonyl (C=O) groups is 1. The number of nitrogens with zero attached hydrogens (tertiary/aromatic N) is 2. The van der Waals surface area contributed by atoms with E-state index in [0.29, 0.717) is 0 Å². The topological polar surface area (TPSA) is 72.9 Å². The predicted octanol–water partition coefficient (Wildman–Crippen LogP) is -0.522. The van der Waals surface area contributed by atoms with E-state index in [1.165, 1.54) is 4.68 Å². The third-order valence-corrected chi connectivity index (χ3v) is 1.57. The van der Waals surface area contributed by atoms with Crippen LogP contribution in [0.3, 0.4) is 0 Å². The van der Waals surface area contributed by atoms with Gasteiger partial charge in [-0.05, 0) is 12.6 Å². The van der Waals surface area contributed by atoms with Gasteiger partial charge in [-0.3, -0.25) is 9.48 Å². The van der Waals surface area contributed by atoms with Gasteiger partial charge >= 0.3 is 0 Å². The van der Waals surface area contributed by atoms with E-state index in [4.69, 9.17) is 5.73 Å². The Morgan fingerprint density at radius 3 is 3.15 bits per heavy atom. The molecule has 0 radical (unpaired) electrons. The van der Waals surface area contributed by atoms with Crippen molar-refractivity contribution in [3.05, 3.63) is 18.0 Å². The average Bonchev–Trinajstić information content (AvgIpc) is 2.48. The molecule has 0 aliphatic carbocycles. The summed E-state index contributed by atoms with van der Waals surface area (Å²) < 4.78 is 1.54. The van der Waals surface area contributed by atoms with Crippen LogP contribution in [-0.4, -0.2) is 22.2 Å². The summed E-state index contributed by atoms with van der Waals surface area (Å²) in [6.07, 6.45) is 1.75. The largest absolute Gasteiger partial charge is 0.368 e. The van der Waals surface area contributed by atoms with Crippen molar-refractivity contribution >= 4 is 5.91 Å². The molecular weight excluding hydrogens is 168 g/mol. The van der Waals surface area contributed by atoms with Gasteiger partial charge in [-0.25, -0.2) is 0 Å². The molecule has 0 unspecified atom stereocenters. The van der Waals surface area contributed by atoms with E-state index in [1.807, 2.05) is 13.0 Å². The number of hydrogen-bond donors (Lipinski definition) is 2. The molecule has 0 aromatic carbocycles. The van der Waals surface area contributed by atoms with Crippen LogP contribution < -0.4 is 11.1 Å². The van der Waals surface area contributed by atoms with Gasteiger partial charge in [0.05, 0.1) is 5.69 Å². The number of nitrogens with one attached hydrogen (secondary N) is 1. The highest BCUT2D eigenvalue weighted by molar-refractivity contribution is 5.73. The molecule has 3 N–H and O–H groups in total. The highest BCUT2D eigenvalue weighted by Crippen LogP contribution is 1.94. The third kappa shape index (κ3) is 3.25. The number of amides is 1. The highest BCUT2D eigenvalue weighted by atomic mass is 16.1. The van der Waals surface area contributed by atoms with Crippen molar-refractivity contribution in [3.63, 3.8) is 0 Å². The fourth-order valence-electron chi connectivity index (χ4n) is 0.999. The molecule has 0 fully saturated rings. The standard InChI is InChI=1S/C8H14N4O/c1-2-10-5-7-3-4-12(11-7)6-8(9)13/h3-4,10H,2,5-6H2,1H3,(H2,9,13). The van der Waals surface area contributed by atoms with E-state index in [1.54, 1.807) is 6.20 Å². The molecule has 0 aliphatic heterocycles. The van der Waals surface area contributed by atoms with Crippen molar-refractivity contribution in [3.8, 4) is 0 Å². The molecule has 1 amide bonds. The Morgan fingerprint density at radius 1 is 1.77 bits per heavy atom. The number of nitrogens with two attached hydrogens (primary N) is 1. The predicted molar refractivity (Wildman–Crippen MR) is 48.8 cm³/mol. The highest BCUT2D eigenvalue weighted by Gasteiger charge is 2.00. The van der Waals surface area contributed by atoms with Crippen LogP contribution >= 0.6 is 0 Å². The zero-order valence-electron chi connectivity index (χ0n) is 7.66. The second-order valence-corrected chi connectivity index (χ2v) is 2.75. The third-order valence-electron chi connectivity index (χ3n) is 1.57. The van der Waals surface area contributed by atoms with Crippen LogP contribution in [0.1, 0.15) is 12.6 Å². The van der Waals surface area contributed by atoms with Gasteiger partial charge in [-0.2, -0.15) is 5.10 Å². The Hall–Kier alpha value is -1.36. The monoisotopic (exact) mass is 182 g/mol. The fourth-order valence-corrected chi connectivity index (χ4v) is 0.999. The van der Waals surface area contributed by atoms with Gasteiger partial charge < -0.3 is 11.1 Å². The first kappa shape index (κ1) is 9.73. The first-order valence-electron chi connectivity index (χ1n) is 4.23. The van der Waals surface area contributed by atoms with Gasteiger partial charge in [0, 0.05) is 12.7 Å². The van der Waals surface area contributed by atoms with Crippen LogP contribution in [0.4, 0.5) is 0 Å². The Kier molecular flexibility index (Phi) is 3.45. The van der Waals surface area contributed by atoms with Crippen molar-refractivity contribution in [2.24, 2.45) is 5.73 Å². The van der Waals surface area contributed by atoms with Gasteiger partial charge in [0.1, 0.15) is 6.54 Å². The Labute approximate surface area is 76.9 Å². The fraction of sp³-hybridized carbons (Fsp3) is 0.500. The lowest BCUT2D eigenvalue weighted by molar-refractivity contribution is -0.118. The number of aromatic nitrogens is 2. The molecule has 5 nitrogen and oxygen atoms in total. The second kappa shape index (κ2) is 4.61. The zero-order valence-corrected chi connectivity index (χ0v) is 7.66. The molecule has 0 aliphatic rings. The number of carbonyl (C=O) groups excluding carboxylic acids is 1. The number of rotatable bonds is 5. The summed E-state index contributed by atoms with van der Waals surface area (Å²) in [5.74, 6) is -0.377. The lowest BCUT2D eigenvalue weighted by Crippen LogP contribution is -2.19. The SMILES string of the molecule is CCNCc1ccn(CC(N)=O)n1. The maximum atomic E-state index is 10.5. The van der Waals surface area contributed by atoms with Crippen molar-refractivity contribution in [1.29, 1.82) is 0 Å². The van der Waals surface area contributed by atoms with E-state index in [9.17, 15) is 4.79 Å². The minimum absolute atomic E-state index is 0.145. The summed E-state index contributed by atoms with van der Waals surface area (Å²) in [5, 5.41) is 7.28. The molecule has 72 valence electrons. The van der Waals surface area contributed by atoms with E-state index >= 15 is 0 Å². The number of hydrogen-bond acceptors (Lipinski definition) is 3. The van der Waals surface area contributed by atoms with Crippen LogP contribution in [0.2, 0.25) is 0 Å². The van der Waals surface area contributed by atoms with Gasteiger partial charge in [0.15, 0.2) is 0 Å². The first-order valence-corrected chi connectivity index (χ1v) is 4.23. The Morgan fingerprint density at radius 2 is 2.54 bits per heavy atom. The van der Waals surface area contributed by atoms with Crippen molar-refractivity contribution < 1.29 is 4.79 Å². The molecule has 0 saturated heterocycles. The van der Waals surface area contributed by atoms with E-state index in [2.05, 4.69) is 10.4 Å². The molecule has 13 heavy (non-hydrogen) atoms. The summed E-state index contributed by atoms with van der Waals surface area (Å²) in [4.78, 5) is 10.5. The lowest BCUT2D eigenvalue weighted by atomic mass is 10.4. The Balaban J connectivity index is 2.48. The van der Waals surface area contributed by atoms with Gasteiger partial charge in [-0.15, -0.1) is 0 Å². The van der Waals surface area contributed by atoms with E-state index in [-0.39, 0.29) is 12.5 Å². The molecule has 5 heteroatoms. The lowest BCUT2D eigenvalue weighted by Gasteiger charge is -1.97. The number of primary amides is 1. The normalized spacial score (nSPS) is 10.2. The van der Waals surface area contributed by atoms with Crippen LogP contribution in [-0.2, 0) is 17.9 Å². The second-order valence-electron chi connectivity index (χ2n) is 2.75. The zero-order chi connectivity index (χ0) is 9.68. The van der Waals surface area contributed by atoms with Crippen molar-refractivity contribution in [1.82, 2.24) is 15.1 Å². The van der Waals surface area contributed by atoms with E-state index < -0.39 is 0 Å². The van der Waals surface area contributed by atoms with Crippen LogP contribution in [0.25, 0.3) is 0 Å². The molecule has 0 bridgehead atoms. The first-order chi connectivity index (χ1) is 6.22. The summed E-state index contributed by atoms with van der Waals surface area (Å²) in [5.41, 5.74) is 5.94. The molecule has 1 rings (SSSR count). The molecule has 1 aromatic heterocycles. The van der Waals surface area contributed by atoms with Gasteiger partial charge in [0.25, 0.3) is 0 Å². The van der Waals surface area contributed by atoms with Crippen LogP contribution in [0, 0.1) is 0 Å². The minimum atomic E-state index is -0.377. The summed E-state index contributed by atoms with van der Waals surface area (Å²) in [6.45, 7) is 3.80. The molecule has 0 spiro atoms. The van der Waals surface area contributed by atoms with Crippen molar-refractivity contribution in [2.75, 3.05) is 6.54 Å². The molecule has 0 saturated carbocycles. The van der Waals surface area contributed by atoms with Crippen LogP contribution in [0.5, 0.6) is 0 Å². The molecule has 0 atom stereocenters. The maximum absolute atomic E-state index is 10.5. The summed E-state index contributed by atoms with van der Waals surface area (Å²) in [7, 11) is 0. The summed E-state index contributed by atoms with van der Waals surface area (Å²) in [6, 6.07) is 1.87. The minimum Gasteiger partial charge on any atom is -0.368 e. The smallest absolute Gasteiger partial charge is 0.239 e. The van der Waals surface area contributed by atoms with E-state index in [0.717, 1.165) is 18.8 Å². The van der Waals surface area contributed by atoms with Gasteiger partial charge in [-0.1, -0.05) is 6.92 Å². The van der Waals surface area contributed by atoms with Crippen molar-refractivity contribution in [2.45, 2.75) is 20.0 Å². The quantitative estimate of drug-likeness (QED) is 0.643. The summed E-state index contributed by atoms with van der Waals surface area (Å²) >= 11 is 0. The van der Waals surface area contributed by atoms with Crippen LogP contribution in [0.15, 0.2) is 12.3 Å².